The highest BCUT2D eigenvalue weighted by Gasteiger charge is 2.00. The number of hydrogen-bond acceptors (Lipinski definition) is 1. The Morgan fingerprint density at radius 1 is 1.50 bits per heavy atom. The largest absolute Gasteiger partial charge is 0.377 e. The van der Waals surface area contributed by atoms with Crippen LogP contribution in [-0.4, -0.2) is 6.61 Å². The average molecular weight is 189 g/mol. The van der Waals surface area contributed by atoms with E-state index in [-0.39, 0.29) is 5.82 Å². The molecule has 0 heterocycles. The van der Waals surface area contributed by atoms with Crippen LogP contribution >= 0.6 is 11.6 Å². The van der Waals surface area contributed by atoms with Gasteiger partial charge in [0.05, 0.1) is 6.61 Å². The van der Waals surface area contributed by atoms with Crippen LogP contribution in [0, 0.1) is 5.82 Å². The van der Waals surface area contributed by atoms with Crippen LogP contribution in [0.4, 0.5) is 4.39 Å². The van der Waals surface area contributed by atoms with Crippen LogP contribution in [0.2, 0.25) is 5.02 Å². The lowest BCUT2D eigenvalue weighted by Crippen LogP contribution is -1.92. The van der Waals surface area contributed by atoms with Crippen LogP contribution in [-0.2, 0) is 11.3 Å². The van der Waals surface area contributed by atoms with Gasteiger partial charge in [0, 0.05) is 11.6 Å². The molecule has 0 radical (unpaired) electrons. The van der Waals surface area contributed by atoms with Gasteiger partial charge in [-0.1, -0.05) is 17.7 Å². The summed E-state index contributed by atoms with van der Waals surface area (Å²) in [5.74, 6) is -0.319. The minimum absolute atomic E-state index is 0.319. The molecule has 66 valence electrons. The third-order valence-electron chi connectivity index (χ3n) is 1.48. The molecule has 0 saturated heterocycles. The second kappa shape index (κ2) is 4.43. The summed E-state index contributed by atoms with van der Waals surface area (Å²) in [7, 11) is 0. The topological polar surface area (TPSA) is 9.23 Å². The molecule has 1 aromatic carbocycles. The second-order valence-corrected chi connectivity index (χ2v) is 2.78. The van der Waals surface area contributed by atoms with Gasteiger partial charge in [-0.05, 0) is 24.6 Å². The van der Waals surface area contributed by atoms with E-state index in [1.165, 1.54) is 12.1 Å². The predicted octanol–water partition coefficient (Wildman–Crippen LogP) is 3.02. The van der Waals surface area contributed by atoms with Gasteiger partial charge < -0.3 is 4.74 Å². The molecule has 0 unspecified atom stereocenters. The summed E-state index contributed by atoms with van der Waals surface area (Å²) in [6.45, 7) is 2.97. The van der Waals surface area contributed by atoms with Crippen molar-refractivity contribution in [2.24, 2.45) is 0 Å². The first-order valence-electron chi connectivity index (χ1n) is 3.75. The molecule has 0 saturated carbocycles. The van der Waals surface area contributed by atoms with Crippen molar-refractivity contribution in [3.63, 3.8) is 0 Å². The molecule has 3 heteroatoms. The van der Waals surface area contributed by atoms with Crippen molar-refractivity contribution in [3.8, 4) is 0 Å². The summed E-state index contributed by atoms with van der Waals surface area (Å²) in [5, 5.41) is 0.420. The van der Waals surface area contributed by atoms with E-state index in [1.54, 1.807) is 6.07 Å². The highest BCUT2D eigenvalue weighted by Crippen LogP contribution is 2.17. The van der Waals surface area contributed by atoms with Crippen molar-refractivity contribution in [3.05, 3.63) is 34.6 Å². The summed E-state index contributed by atoms with van der Waals surface area (Å²) in [6, 6.07) is 4.30. The maximum Gasteiger partial charge on any atom is 0.124 e. The van der Waals surface area contributed by atoms with Gasteiger partial charge in [0.15, 0.2) is 0 Å². The van der Waals surface area contributed by atoms with Crippen molar-refractivity contribution in [2.45, 2.75) is 13.5 Å². The second-order valence-electron chi connectivity index (χ2n) is 2.37. The first-order valence-corrected chi connectivity index (χ1v) is 4.13. The summed E-state index contributed by atoms with van der Waals surface area (Å²) in [6.07, 6.45) is 0. The van der Waals surface area contributed by atoms with Crippen molar-refractivity contribution in [1.82, 2.24) is 0 Å². The molecule has 1 rings (SSSR count). The standard InChI is InChI=1S/C9H10ClFO/c1-2-12-6-7-3-4-8(11)5-9(7)10/h3-5H,2,6H2,1H3. The van der Waals surface area contributed by atoms with E-state index >= 15 is 0 Å². The Morgan fingerprint density at radius 2 is 2.25 bits per heavy atom. The zero-order valence-electron chi connectivity index (χ0n) is 6.81. The molecule has 0 fully saturated rings. The molecule has 0 atom stereocenters. The fourth-order valence-corrected chi connectivity index (χ4v) is 1.07. The zero-order chi connectivity index (χ0) is 8.97. The Hall–Kier alpha value is -0.600. The Morgan fingerprint density at radius 3 is 2.83 bits per heavy atom. The van der Waals surface area contributed by atoms with Gasteiger partial charge >= 0.3 is 0 Å². The van der Waals surface area contributed by atoms with E-state index in [4.69, 9.17) is 16.3 Å². The zero-order valence-corrected chi connectivity index (χ0v) is 7.57. The van der Waals surface area contributed by atoms with E-state index in [0.29, 0.717) is 18.2 Å². The van der Waals surface area contributed by atoms with Gasteiger partial charge in [-0.15, -0.1) is 0 Å². The maximum atomic E-state index is 12.5. The quantitative estimate of drug-likeness (QED) is 0.709. The molecule has 1 aromatic rings. The van der Waals surface area contributed by atoms with Gasteiger partial charge in [-0.25, -0.2) is 4.39 Å². The van der Waals surface area contributed by atoms with Crippen molar-refractivity contribution in [1.29, 1.82) is 0 Å². The van der Waals surface area contributed by atoms with Gasteiger partial charge in [0.1, 0.15) is 5.82 Å². The lowest BCUT2D eigenvalue weighted by Gasteiger charge is -2.03. The third kappa shape index (κ3) is 2.47. The van der Waals surface area contributed by atoms with Gasteiger partial charge in [0.25, 0.3) is 0 Å². The van der Waals surface area contributed by atoms with Crippen LogP contribution in [0.5, 0.6) is 0 Å². The maximum absolute atomic E-state index is 12.5. The van der Waals surface area contributed by atoms with Crippen molar-refractivity contribution >= 4 is 11.6 Å². The Kier molecular flexibility index (Phi) is 3.50. The van der Waals surface area contributed by atoms with Crippen molar-refractivity contribution in [2.75, 3.05) is 6.61 Å². The lowest BCUT2D eigenvalue weighted by atomic mass is 10.2. The number of rotatable bonds is 3. The Balaban J connectivity index is 2.72. The Bertz CT molecular complexity index is 263. The van der Waals surface area contributed by atoms with Crippen LogP contribution < -0.4 is 0 Å². The molecular weight excluding hydrogens is 179 g/mol. The van der Waals surface area contributed by atoms with Crippen LogP contribution in [0.3, 0.4) is 0 Å². The summed E-state index contributed by atoms with van der Waals surface area (Å²) in [4.78, 5) is 0. The molecule has 0 N–H and O–H groups in total. The number of ether oxygens (including phenoxy) is 1. The molecule has 0 aliphatic carbocycles. The minimum atomic E-state index is -0.319. The fraction of sp³-hybridized carbons (Fsp3) is 0.333. The van der Waals surface area contributed by atoms with E-state index in [9.17, 15) is 4.39 Å². The van der Waals surface area contributed by atoms with E-state index in [0.717, 1.165) is 5.56 Å². The number of hydrogen-bond donors (Lipinski definition) is 0. The first-order chi connectivity index (χ1) is 5.74. The van der Waals surface area contributed by atoms with Gasteiger partial charge in [-0.3, -0.25) is 0 Å². The van der Waals surface area contributed by atoms with Crippen LogP contribution in [0.1, 0.15) is 12.5 Å². The first kappa shape index (κ1) is 9.49. The van der Waals surface area contributed by atoms with Crippen LogP contribution in [0.25, 0.3) is 0 Å². The summed E-state index contributed by atoms with van der Waals surface area (Å²) < 4.78 is 17.7. The van der Waals surface area contributed by atoms with Crippen molar-refractivity contribution < 1.29 is 9.13 Å². The molecule has 0 spiro atoms. The lowest BCUT2D eigenvalue weighted by molar-refractivity contribution is 0.134. The van der Waals surface area contributed by atoms with E-state index in [2.05, 4.69) is 0 Å². The summed E-state index contributed by atoms with van der Waals surface area (Å²) >= 11 is 5.75. The molecule has 0 aromatic heterocycles. The third-order valence-corrected chi connectivity index (χ3v) is 1.83. The van der Waals surface area contributed by atoms with Crippen LogP contribution in [0.15, 0.2) is 18.2 Å². The van der Waals surface area contributed by atoms with E-state index in [1.807, 2.05) is 6.92 Å². The number of benzene rings is 1. The van der Waals surface area contributed by atoms with E-state index < -0.39 is 0 Å². The average Bonchev–Trinajstić information content (AvgIpc) is 2.03. The number of halogens is 2. The molecule has 12 heavy (non-hydrogen) atoms. The minimum Gasteiger partial charge on any atom is -0.377 e. The molecular formula is C9H10ClFO. The molecule has 0 amide bonds. The molecule has 0 bridgehead atoms. The molecule has 1 nitrogen and oxygen atoms in total. The Labute approximate surface area is 76.1 Å². The summed E-state index contributed by atoms with van der Waals surface area (Å²) in [5.41, 5.74) is 0.819. The molecule has 0 aliphatic rings. The monoisotopic (exact) mass is 188 g/mol. The SMILES string of the molecule is CCOCc1ccc(F)cc1Cl. The highest BCUT2D eigenvalue weighted by atomic mass is 35.5. The predicted molar refractivity (Wildman–Crippen MR) is 46.7 cm³/mol. The fourth-order valence-electron chi connectivity index (χ4n) is 0.851. The van der Waals surface area contributed by atoms with Gasteiger partial charge in [0.2, 0.25) is 0 Å². The van der Waals surface area contributed by atoms with Gasteiger partial charge in [-0.2, -0.15) is 0 Å². The normalized spacial score (nSPS) is 10.2. The highest BCUT2D eigenvalue weighted by molar-refractivity contribution is 6.31. The molecule has 0 aliphatic heterocycles. The smallest absolute Gasteiger partial charge is 0.124 e.